The van der Waals surface area contributed by atoms with Crippen molar-refractivity contribution in [2.75, 3.05) is 0 Å². The van der Waals surface area contributed by atoms with E-state index in [9.17, 15) is 0 Å². The maximum atomic E-state index is 5.65. The number of rotatable bonds is 1. The van der Waals surface area contributed by atoms with Crippen LogP contribution in [0, 0.1) is 0 Å². The van der Waals surface area contributed by atoms with Gasteiger partial charge in [-0.2, -0.15) is 0 Å². The molecule has 11 heavy (non-hydrogen) atoms. The standard InChI is InChI=1S/C8H20N2O/c1-7(2,3)10(9)11-8(4,5)6/h9H2,1-6H3. The average Bonchev–Trinajstić information content (AvgIpc) is 1.56. The van der Waals surface area contributed by atoms with Crippen molar-refractivity contribution >= 4 is 0 Å². The van der Waals surface area contributed by atoms with E-state index < -0.39 is 0 Å². The summed E-state index contributed by atoms with van der Waals surface area (Å²) in [5, 5.41) is 1.40. The Morgan fingerprint density at radius 1 is 1.00 bits per heavy atom. The minimum Gasteiger partial charge on any atom is -0.278 e. The van der Waals surface area contributed by atoms with Crippen LogP contribution in [0.25, 0.3) is 0 Å². The Morgan fingerprint density at radius 2 is 1.36 bits per heavy atom. The van der Waals surface area contributed by atoms with Crippen LogP contribution in [0.3, 0.4) is 0 Å². The Labute approximate surface area is 69.4 Å². The van der Waals surface area contributed by atoms with Gasteiger partial charge in [0.05, 0.1) is 11.1 Å². The molecule has 0 fully saturated rings. The molecule has 0 spiro atoms. The predicted molar refractivity (Wildman–Crippen MR) is 46.6 cm³/mol. The average molecular weight is 160 g/mol. The molecule has 0 aromatic heterocycles. The Morgan fingerprint density at radius 3 is 1.45 bits per heavy atom. The zero-order chi connectivity index (χ0) is 9.28. The maximum Gasteiger partial charge on any atom is 0.0832 e. The first kappa shape index (κ1) is 10.9. The number of hydrazine groups is 1. The zero-order valence-electron chi connectivity index (χ0n) is 8.43. The van der Waals surface area contributed by atoms with Gasteiger partial charge >= 0.3 is 0 Å². The summed E-state index contributed by atoms with van der Waals surface area (Å²) in [6.07, 6.45) is 0. The first-order valence-electron chi connectivity index (χ1n) is 3.87. The lowest BCUT2D eigenvalue weighted by Gasteiger charge is -2.35. The van der Waals surface area contributed by atoms with Crippen molar-refractivity contribution in [3.05, 3.63) is 0 Å². The van der Waals surface area contributed by atoms with Gasteiger partial charge in [-0.25, -0.2) is 5.84 Å². The molecule has 0 saturated carbocycles. The molecule has 0 radical (unpaired) electrons. The van der Waals surface area contributed by atoms with Gasteiger partial charge in [0.1, 0.15) is 0 Å². The lowest BCUT2D eigenvalue weighted by atomic mass is 10.1. The zero-order valence-corrected chi connectivity index (χ0v) is 8.43. The Balaban J connectivity index is 3.99. The van der Waals surface area contributed by atoms with Crippen LogP contribution < -0.4 is 5.84 Å². The Kier molecular flexibility index (Phi) is 3.06. The topological polar surface area (TPSA) is 38.5 Å². The van der Waals surface area contributed by atoms with Crippen LogP contribution in [0.2, 0.25) is 0 Å². The summed E-state index contributed by atoms with van der Waals surface area (Å²) < 4.78 is 0. The molecule has 0 aliphatic rings. The number of hydrogen-bond donors (Lipinski definition) is 1. The molecule has 0 bridgehead atoms. The third kappa shape index (κ3) is 5.18. The van der Waals surface area contributed by atoms with Crippen LogP contribution in [0.15, 0.2) is 0 Å². The summed E-state index contributed by atoms with van der Waals surface area (Å²) in [5.74, 6) is 5.65. The van der Waals surface area contributed by atoms with Gasteiger partial charge in [0, 0.05) is 0 Å². The molecule has 0 aliphatic heterocycles. The summed E-state index contributed by atoms with van der Waals surface area (Å²) >= 11 is 0. The molecule has 0 unspecified atom stereocenters. The van der Waals surface area contributed by atoms with Crippen LogP contribution >= 0.6 is 0 Å². The van der Waals surface area contributed by atoms with Gasteiger partial charge in [-0.05, 0) is 41.5 Å². The summed E-state index contributed by atoms with van der Waals surface area (Å²) in [7, 11) is 0. The fourth-order valence-corrected chi connectivity index (χ4v) is 0.432. The third-order valence-electron chi connectivity index (χ3n) is 1.03. The largest absolute Gasteiger partial charge is 0.278 e. The smallest absolute Gasteiger partial charge is 0.0832 e. The molecule has 0 amide bonds. The van der Waals surface area contributed by atoms with Crippen molar-refractivity contribution in [2.45, 2.75) is 52.7 Å². The highest BCUT2D eigenvalue weighted by Crippen LogP contribution is 2.15. The first-order valence-corrected chi connectivity index (χ1v) is 3.87. The van der Waals surface area contributed by atoms with E-state index in [1.54, 1.807) is 0 Å². The van der Waals surface area contributed by atoms with E-state index in [4.69, 9.17) is 10.7 Å². The highest BCUT2D eigenvalue weighted by atomic mass is 16.7. The molecular formula is C8H20N2O. The number of hydrogen-bond acceptors (Lipinski definition) is 3. The van der Waals surface area contributed by atoms with Gasteiger partial charge in [0.2, 0.25) is 0 Å². The van der Waals surface area contributed by atoms with E-state index in [0.29, 0.717) is 0 Å². The Bertz CT molecular complexity index is 121. The van der Waals surface area contributed by atoms with Crippen molar-refractivity contribution in [1.82, 2.24) is 5.17 Å². The normalized spacial score (nSPS) is 14.2. The highest BCUT2D eigenvalue weighted by molar-refractivity contribution is 4.67. The summed E-state index contributed by atoms with van der Waals surface area (Å²) in [6.45, 7) is 11.9. The summed E-state index contributed by atoms with van der Waals surface area (Å²) in [6, 6.07) is 0. The molecule has 2 N–H and O–H groups in total. The fraction of sp³-hybridized carbons (Fsp3) is 1.00. The van der Waals surface area contributed by atoms with E-state index in [1.807, 2.05) is 41.5 Å². The van der Waals surface area contributed by atoms with Crippen molar-refractivity contribution in [3.63, 3.8) is 0 Å². The molecule has 0 atom stereocenters. The molecule has 3 nitrogen and oxygen atoms in total. The minimum absolute atomic E-state index is 0.146. The molecular weight excluding hydrogens is 140 g/mol. The van der Waals surface area contributed by atoms with Gasteiger partial charge < -0.3 is 0 Å². The van der Waals surface area contributed by atoms with Gasteiger partial charge in [-0.15, -0.1) is 5.17 Å². The lowest BCUT2D eigenvalue weighted by Crippen LogP contribution is -2.50. The molecule has 0 rings (SSSR count). The van der Waals surface area contributed by atoms with Crippen LogP contribution in [0.1, 0.15) is 41.5 Å². The van der Waals surface area contributed by atoms with Crippen molar-refractivity contribution < 1.29 is 4.84 Å². The van der Waals surface area contributed by atoms with E-state index in [1.165, 1.54) is 5.17 Å². The molecule has 0 aliphatic carbocycles. The fourth-order valence-electron chi connectivity index (χ4n) is 0.432. The number of nitrogens with two attached hydrogens (primary N) is 1. The summed E-state index contributed by atoms with van der Waals surface area (Å²) in [5.41, 5.74) is -0.366. The number of hydroxylamine groups is 1. The second-order valence-corrected chi connectivity index (χ2v) is 4.70. The van der Waals surface area contributed by atoms with Gasteiger partial charge in [0.25, 0.3) is 0 Å². The van der Waals surface area contributed by atoms with Crippen LogP contribution in [0.5, 0.6) is 0 Å². The number of nitrogens with zero attached hydrogens (tertiary/aromatic N) is 1. The van der Waals surface area contributed by atoms with Crippen LogP contribution in [-0.2, 0) is 4.84 Å². The minimum atomic E-state index is -0.220. The quantitative estimate of drug-likeness (QED) is 0.468. The van der Waals surface area contributed by atoms with Crippen LogP contribution in [0.4, 0.5) is 0 Å². The second-order valence-electron chi connectivity index (χ2n) is 4.70. The van der Waals surface area contributed by atoms with Crippen molar-refractivity contribution in [2.24, 2.45) is 5.84 Å². The molecule has 0 heterocycles. The van der Waals surface area contributed by atoms with E-state index in [0.717, 1.165) is 0 Å². The highest BCUT2D eigenvalue weighted by Gasteiger charge is 2.24. The van der Waals surface area contributed by atoms with E-state index in [2.05, 4.69) is 0 Å². The molecule has 0 aromatic carbocycles. The van der Waals surface area contributed by atoms with E-state index >= 15 is 0 Å². The van der Waals surface area contributed by atoms with Crippen molar-refractivity contribution in [3.8, 4) is 0 Å². The van der Waals surface area contributed by atoms with Gasteiger partial charge in [0.15, 0.2) is 0 Å². The monoisotopic (exact) mass is 160 g/mol. The van der Waals surface area contributed by atoms with Crippen LogP contribution in [-0.4, -0.2) is 16.3 Å². The van der Waals surface area contributed by atoms with Crippen molar-refractivity contribution in [1.29, 1.82) is 0 Å². The second kappa shape index (κ2) is 3.09. The first-order chi connectivity index (χ1) is 4.63. The predicted octanol–water partition coefficient (Wildman–Crippen LogP) is 1.69. The van der Waals surface area contributed by atoms with E-state index in [-0.39, 0.29) is 11.1 Å². The molecule has 0 saturated heterocycles. The lowest BCUT2D eigenvalue weighted by molar-refractivity contribution is -0.271. The molecule has 0 aromatic rings. The molecule has 3 heteroatoms. The summed E-state index contributed by atoms with van der Waals surface area (Å²) in [4.78, 5) is 5.41. The SMILES string of the molecule is CC(C)(C)ON(N)C(C)(C)C. The maximum absolute atomic E-state index is 5.65. The third-order valence-corrected chi connectivity index (χ3v) is 1.03. The molecule has 68 valence electrons. The van der Waals surface area contributed by atoms with Gasteiger partial charge in [-0.3, -0.25) is 4.84 Å². The van der Waals surface area contributed by atoms with Gasteiger partial charge in [-0.1, -0.05) is 0 Å². The Hall–Kier alpha value is -0.120.